The Kier molecular flexibility index (Phi) is 7.32. The molecular formula is C34H39FO4. The number of rotatable bonds is 7. The molecule has 206 valence electrons. The van der Waals surface area contributed by atoms with Crippen LogP contribution in [-0.4, -0.2) is 20.2 Å². The van der Waals surface area contributed by atoms with Gasteiger partial charge in [0.05, 0.1) is 19.1 Å². The first kappa shape index (κ1) is 27.4. The highest BCUT2D eigenvalue weighted by atomic mass is 19.1. The lowest BCUT2D eigenvalue weighted by Crippen LogP contribution is -2.47. The van der Waals surface area contributed by atoms with Gasteiger partial charge in [-0.05, 0) is 96.2 Å². The van der Waals surface area contributed by atoms with Crippen LogP contribution in [0.4, 0.5) is 4.39 Å². The molecule has 0 saturated heterocycles. The Morgan fingerprint density at radius 3 is 2.49 bits per heavy atom. The number of ether oxygens (including phenoxy) is 3. The van der Waals surface area contributed by atoms with Crippen molar-refractivity contribution in [3.05, 3.63) is 88.2 Å². The van der Waals surface area contributed by atoms with Gasteiger partial charge in [0.2, 0.25) is 0 Å². The second kappa shape index (κ2) is 10.4. The van der Waals surface area contributed by atoms with Crippen LogP contribution in [0.15, 0.2) is 54.6 Å². The quantitative estimate of drug-likeness (QED) is 0.292. The molecule has 1 saturated carbocycles. The molecule has 1 fully saturated rings. The molecule has 0 heterocycles. The molecule has 0 amide bonds. The zero-order valence-corrected chi connectivity index (χ0v) is 23.9. The van der Waals surface area contributed by atoms with E-state index in [2.05, 4.69) is 39.0 Å². The summed E-state index contributed by atoms with van der Waals surface area (Å²) in [6.07, 6.45) is 3.61. The SMILES string of the molecule is COC(=O)[C@H]1CC[C@]12CCc1ccc(OCc3ccc(-c4cc(C)ccc4F)c([C@H](OC)C(C)(C)C)c3)cc12. The number of carbonyl (C=O) groups excluding carboxylic acids is 1. The Morgan fingerprint density at radius 2 is 1.82 bits per heavy atom. The number of methoxy groups -OCH3 is 2. The van der Waals surface area contributed by atoms with Crippen LogP contribution in [0, 0.1) is 24.1 Å². The predicted molar refractivity (Wildman–Crippen MR) is 151 cm³/mol. The largest absolute Gasteiger partial charge is 0.489 e. The minimum absolute atomic E-state index is 0.0699. The van der Waals surface area contributed by atoms with E-state index in [1.54, 1.807) is 13.2 Å². The molecule has 1 spiro atoms. The molecule has 3 aromatic carbocycles. The summed E-state index contributed by atoms with van der Waals surface area (Å²) in [5.41, 5.74) is 6.57. The van der Waals surface area contributed by atoms with Crippen molar-refractivity contribution < 1.29 is 23.4 Å². The maximum absolute atomic E-state index is 15.0. The first-order chi connectivity index (χ1) is 18.6. The van der Waals surface area contributed by atoms with Crippen molar-refractivity contribution in [2.24, 2.45) is 11.3 Å². The molecule has 2 aliphatic carbocycles. The molecule has 4 nitrogen and oxygen atoms in total. The molecule has 0 unspecified atom stereocenters. The van der Waals surface area contributed by atoms with E-state index in [-0.39, 0.29) is 34.6 Å². The van der Waals surface area contributed by atoms with Crippen LogP contribution in [0.3, 0.4) is 0 Å². The van der Waals surface area contributed by atoms with E-state index in [0.717, 1.165) is 53.7 Å². The monoisotopic (exact) mass is 530 g/mol. The first-order valence-electron chi connectivity index (χ1n) is 13.8. The zero-order chi connectivity index (χ0) is 27.9. The number of benzene rings is 3. The Bertz CT molecular complexity index is 1390. The summed E-state index contributed by atoms with van der Waals surface area (Å²) in [6.45, 7) is 8.73. The van der Waals surface area contributed by atoms with Crippen LogP contribution >= 0.6 is 0 Å². The first-order valence-corrected chi connectivity index (χ1v) is 13.8. The minimum atomic E-state index is -0.247. The third-order valence-corrected chi connectivity index (χ3v) is 8.73. The van der Waals surface area contributed by atoms with Crippen molar-refractivity contribution >= 4 is 5.97 Å². The number of carbonyl (C=O) groups is 1. The van der Waals surface area contributed by atoms with Crippen LogP contribution < -0.4 is 4.74 Å². The molecule has 0 aliphatic heterocycles. The Labute approximate surface area is 231 Å². The molecule has 2 aliphatic rings. The fraction of sp³-hybridized carbons (Fsp3) is 0.441. The molecule has 3 atom stereocenters. The van der Waals surface area contributed by atoms with Gasteiger partial charge in [-0.15, -0.1) is 0 Å². The van der Waals surface area contributed by atoms with Gasteiger partial charge in [-0.1, -0.05) is 50.6 Å². The maximum Gasteiger partial charge on any atom is 0.309 e. The summed E-state index contributed by atoms with van der Waals surface area (Å²) in [5.74, 6) is 0.368. The summed E-state index contributed by atoms with van der Waals surface area (Å²) in [5, 5.41) is 0. The van der Waals surface area contributed by atoms with Crippen molar-refractivity contribution in [1.29, 1.82) is 0 Å². The predicted octanol–water partition coefficient (Wildman–Crippen LogP) is 7.88. The lowest BCUT2D eigenvalue weighted by atomic mass is 9.57. The molecule has 5 rings (SSSR count). The zero-order valence-electron chi connectivity index (χ0n) is 23.9. The van der Waals surface area contributed by atoms with Gasteiger partial charge in [-0.3, -0.25) is 4.79 Å². The van der Waals surface area contributed by atoms with Gasteiger partial charge in [0.1, 0.15) is 18.2 Å². The van der Waals surface area contributed by atoms with Gasteiger partial charge >= 0.3 is 5.97 Å². The average Bonchev–Trinajstić information content (AvgIpc) is 3.29. The van der Waals surface area contributed by atoms with Crippen molar-refractivity contribution in [3.63, 3.8) is 0 Å². The van der Waals surface area contributed by atoms with Crippen LogP contribution in [0.1, 0.15) is 74.0 Å². The van der Waals surface area contributed by atoms with Crippen LogP contribution in [-0.2, 0) is 32.7 Å². The molecule has 0 N–H and O–H groups in total. The smallest absolute Gasteiger partial charge is 0.309 e. The third kappa shape index (κ3) is 4.98. The second-order valence-corrected chi connectivity index (χ2v) is 12.3. The van der Waals surface area contributed by atoms with Gasteiger partial charge in [-0.2, -0.15) is 0 Å². The van der Waals surface area contributed by atoms with Crippen molar-refractivity contribution in [2.75, 3.05) is 14.2 Å². The molecule has 3 aromatic rings. The van der Waals surface area contributed by atoms with E-state index in [4.69, 9.17) is 14.2 Å². The van der Waals surface area contributed by atoms with E-state index in [1.165, 1.54) is 24.3 Å². The van der Waals surface area contributed by atoms with Crippen molar-refractivity contribution in [2.45, 2.75) is 71.5 Å². The lowest BCUT2D eigenvalue weighted by molar-refractivity contribution is -0.153. The minimum Gasteiger partial charge on any atom is -0.489 e. The number of hydrogen-bond acceptors (Lipinski definition) is 4. The van der Waals surface area contributed by atoms with E-state index in [1.807, 2.05) is 31.2 Å². The van der Waals surface area contributed by atoms with Crippen LogP contribution in [0.2, 0.25) is 0 Å². The summed E-state index contributed by atoms with van der Waals surface area (Å²) >= 11 is 0. The van der Waals surface area contributed by atoms with Gasteiger partial charge < -0.3 is 14.2 Å². The highest BCUT2D eigenvalue weighted by molar-refractivity contribution is 5.77. The van der Waals surface area contributed by atoms with Crippen molar-refractivity contribution in [1.82, 2.24) is 0 Å². The molecule has 5 heteroatoms. The maximum atomic E-state index is 15.0. The topological polar surface area (TPSA) is 44.8 Å². The third-order valence-electron chi connectivity index (χ3n) is 8.73. The summed E-state index contributed by atoms with van der Waals surface area (Å²) < 4.78 is 32.4. The van der Waals surface area contributed by atoms with Crippen LogP contribution in [0.25, 0.3) is 11.1 Å². The van der Waals surface area contributed by atoms with Gasteiger partial charge in [0.15, 0.2) is 0 Å². The van der Waals surface area contributed by atoms with E-state index < -0.39 is 0 Å². The van der Waals surface area contributed by atoms with E-state index in [9.17, 15) is 9.18 Å². The van der Waals surface area contributed by atoms with Gasteiger partial charge in [0, 0.05) is 18.1 Å². The Balaban J connectivity index is 1.44. The van der Waals surface area contributed by atoms with Gasteiger partial charge in [0.25, 0.3) is 0 Å². The molecule has 0 aromatic heterocycles. The normalized spacial score (nSPS) is 20.8. The standard InChI is InChI=1S/C34H39FO4/c1-21-7-12-30(35)26(17-21)25-11-8-22(18-27(25)31(37-5)33(2,3)4)20-39-24-10-9-23-13-15-34(29(23)19-24)16-14-28(34)32(36)38-6/h7-12,17-19,28,31H,13-16,20H2,1-6H3/t28-,31+,34-/m1/s1. The fourth-order valence-corrected chi connectivity index (χ4v) is 6.69. The molecule has 0 bridgehead atoms. The second-order valence-electron chi connectivity index (χ2n) is 12.3. The van der Waals surface area contributed by atoms with Crippen LogP contribution in [0.5, 0.6) is 5.75 Å². The van der Waals surface area contributed by atoms with Crippen molar-refractivity contribution in [3.8, 4) is 16.9 Å². The Hall–Kier alpha value is -3.18. The molecular weight excluding hydrogens is 491 g/mol. The average molecular weight is 531 g/mol. The summed E-state index contributed by atoms with van der Waals surface area (Å²) in [7, 11) is 3.18. The Morgan fingerprint density at radius 1 is 1.03 bits per heavy atom. The molecule has 39 heavy (non-hydrogen) atoms. The number of halogens is 1. The van der Waals surface area contributed by atoms with Gasteiger partial charge in [-0.25, -0.2) is 4.39 Å². The summed E-state index contributed by atoms with van der Waals surface area (Å²) in [6, 6.07) is 17.6. The number of esters is 1. The van der Waals surface area contributed by atoms with E-state index in [0.29, 0.717) is 12.2 Å². The summed E-state index contributed by atoms with van der Waals surface area (Å²) in [4.78, 5) is 12.4. The number of hydrogen-bond donors (Lipinski definition) is 0. The lowest BCUT2D eigenvalue weighted by Gasteiger charge is -2.46. The highest BCUT2D eigenvalue weighted by Gasteiger charge is 2.55. The number of fused-ring (bicyclic) bond motifs is 2. The number of aryl methyl sites for hydroxylation is 2. The van der Waals surface area contributed by atoms with E-state index >= 15 is 0 Å². The fourth-order valence-electron chi connectivity index (χ4n) is 6.69. The molecule has 0 radical (unpaired) electrons. The highest BCUT2D eigenvalue weighted by Crippen LogP contribution is 2.57.